The van der Waals surface area contributed by atoms with E-state index in [1.807, 2.05) is 158 Å². The fraction of sp³-hybridized carbons (Fsp3) is 0.222. The van der Waals surface area contributed by atoms with Gasteiger partial charge in [0, 0.05) is 12.1 Å². The molecule has 9 nitrogen and oxygen atoms in total. The van der Waals surface area contributed by atoms with Crippen LogP contribution in [0.15, 0.2) is 218 Å². The maximum atomic E-state index is 12.6. The summed E-state index contributed by atoms with van der Waals surface area (Å²) in [4.78, 5) is 12.6. The average Bonchev–Trinajstić information content (AvgIpc) is 3.44. The first-order chi connectivity index (χ1) is 35.8. The predicted octanol–water partition coefficient (Wildman–Crippen LogP) is 11.9. The van der Waals surface area contributed by atoms with Gasteiger partial charge in [-0.3, -0.25) is 0 Å². The van der Waals surface area contributed by atoms with Crippen LogP contribution in [0, 0.1) is 0 Å². The third kappa shape index (κ3) is 13.8. The van der Waals surface area contributed by atoms with Crippen LogP contribution < -0.4 is 39.6 Å². The van der Waals surface area contributed by atoms with E-state index in [1.165, 1.54) is 5.56 Å². The molecule has 0 radical (unpaired) electrons. The molecule has 0 atom stereocenters. The molecule has 0 unspecified atom stereocenters. The van der Waals surface area contributed by atoms with Gasteiger partial charge in [0.25, 0.3) is 0 Å². The van der Waals surface area contributed by atoms with E-state index < -0.39 is 6.83 Å². The van der Waals surface area contributed by atoms with Crippen molar-refractivity contribution in [2.75, 3.05) is 53.2 Å². The van der Waals surface area contributed by atoms with Crippen molar-refractivity contribution in [1.29, 1.82) is 0 Å². The van der Waals surface area contributed by atoms with E-state index in [9.17, 15) is 4.79 Å². The van der Waals surface area contributed by atoms with E-state index in [0.717, 1.165) is 68.8 Å². The van der Waals surface area contributed by atoms with E-state index >= 15 is 0 Å². The quantitative estimate of drug-likeness (QED) is 0.0199. The summed E-state index contributed by atoms with van der Waals surface area (Å²) >= 11 is 0. The number of benzene rings is 8. The van der Waals surface area contributed by atoms with Gasteiger partial charge in [-0.15, -0.1) is 0 Å². The molecular formula is C63H67NO8P+. The molecule has 0 spiro atoms. The number of hydrogen-bond acceptors (Lipinski definition) is 8. The van der Waals surface area contributed by atoms with Crippen molar-refractivity contribution in [2.24, 2.45) is 0 Å². The molecular weight excluding hydrogens is 930 g/mol. The number of carbonyl (C=O) groups is 1. The third-order valence-corrected chi connectivity index (χ3v) is 18.9. The van der Waals surface area contributed by atoms with E-state index in [1.54, 1.807) is 0 Å². The molecule has 0 fully saturated rings. The van der Waals surface area contributed by atoms with Crippen LogP contribution in [0.1, 0.15) is 35.1 Å². The van der Waals surface area contributed by atoms with Gasteiger partial charge >= 0.3 is 227 Å². The topological polar surface area (TPSA) is 81.7 Å². The molecule has 0 saturated heterocycles. The molecule has 0 aliphatic heterocycles. The van der Waals surface area contributed by atoms with Crippen LogP contribution in [0.25, 0.3) is 0 Å². The van der Waals surface area contributed by atoms with Gasteiger partial charge in [-0.2, -0.15) is 0 Å². The van der Waals surface area contributed by atoms with Gasteiger partial charge in [0.15, 0.2) is 11.5 Å². The molecule has 0 aromatic heterocycles. The van der Waals surface area contributed by atoms with Gasteiger partial charge in [0.2, 0.25) is 5.75 Å². The molecule has 0 aliphatic rings. The van der Waals surface area contributed by atoms with Crippen LogP contribution >= 0.6 is 6.83 Å². The second-order valence-corrected chi connectivity index (χ2v) is 23.3. The SMILES string of the molecule is C[N+](C)(CCOCCOc1cc(OCc2ccccc2)c(OCc2ccccc2)c(OCc2ccccc2)c1)Cc1ccc(OCCCCP(OC=O)(c2ccccc2)(c2ccccc2)c2ccccc2)cc1. The first kappa shape index (κ1) is 51.9. The number of rotatable bonds is 29. The number of nitrogens with zero attached hydrogens (tertiary/aromatic N) is 1. The second-order valence-electron chi connectivity index (χ2n) is 18.7. The summed E-state index contributed by atoms with van der Waals surface area (Å²) < 4.78 is 45.4. The van der Waals surface area contributed by atoms with Crippen LogP contribution in [0.3, 0.4) is 0 Å². The molecule has 0 amide bonds. The van der Waals surface area contributed by atoms with Gasteiger partial charge in [-0.1, -0.05) is 91.0 Å². The molecule has 376 valence electrons. The Morgan fingerprint density at radius 1 is 0.425 bits per heavy atom. The number of ether oxygens (including phenoxy) is 6. The molecule has 8 aromatic rings. The number of likely N-dealkylation sites (N-methyl/N-ethyl adjacent to an activating group) is 1. The Morgan fingerprint density at radius 3 is 1.33 bits per heavy atom. The maximum absolute atomic E-state index is 12.6. The van der Waals surface area contributed by atoms with Crippen molar-refractivity contribution in [3.8, 4) is 28.7 Å². The van der Waals surface area contributed by atoms with Crippen molar-refractivity contribution in [3.05, 3.63) is 241 Å². The standard InChI is InChI=1S/C63H67NO8P/c1-64(2,47-52-35-37-56(38-36-52)67-40-21-22-44-73(72-51-65,58-29-15-6-16-30-58,59-31-17-7-18-32-59)60-33-19-8-20-34-60)39-41-66-42-43-68-57-45-61(69-48-53-23-9-3-10-24-53)63(71-50-55-27-13-5-14-28-55)62(46-57)70-49-54-25-11-4-12-26-54/h3-20,23-38,45-46,51H,21-22,39-44,47-50H2,1-2H3/q+1. The first-order valence-electron chi connectivity index (χ1n) is 25.1. The van der Waals surface area contributed by atoms with Crippen molar-refractivity contribution >= 4 is 29.2 Å². The van der Waals surface area contributed by atoms with Crippen LogP contribution in [-0.4, -0.2) is 64.2 Å². The molecule has 10 heteroatoms. The average molecular weight is 997 g/mol. The Hall–Kier alpha value is -7.42. The zero-order chi connectivity index (χ0) is 50.5. The molecule has 0 N–H and O–H groups in total. The summed E-state index contributed by atoms with van der Waals surface area (Å²) in [6.45, 7) is 1.53. The fourth-order valence-electron chi connectivity index (χ4n) is 9.19. The van der Waals surface area contributed by atoms with E-state index in [2.05, 4.69) is 74.8 Å². The summed E-state index contributed by atoms with van der Waals surface area (Å²) in [5, 5.41) is 3.08. The Balaban J connectivity index is 0.832. The molecule has 0 aliphatic carbocycles. The van der Waals surface area contributed by atoms with Crippen molar-refractivity contribution in [1.82, 2.24) is 0 Å². The number of unbranched alkanes of at least 4 members (excludes halogenated alkanes) is 1. The summed E-state index contributed by atoms with van der Waals surface area (Å²) in [6, 6.07) is 73.1. The molecule has 0 heterocycles. The summed E-state index contributed by atoms with van der Waals surface area (Å²) in [7, 11) is 4.43. The Labute approximate surface area is 431 Å². The Morgan fingerprint density at radius 2 is 0.863 bits per heavy atom. The van der Waals surface area contributed by atoms with Crippen LogP contribution in [0.5, 0.6) is 28.7 Å². The van der Waals surface area contributed by atoms with Gasteiger partial charge in [-0.25, -0.2) is 0 Å². The summed E-state index contributed by atoms with van der Waals surface area (Å²) in [6.07, 6.45) is 2.23. The molecule has 0 bridgehead atoms. The normalized spacial score (nSPS) is 11.9. The Bertz CT molecular complexity index is 2710. The zero-order valence-corrected chi connectivity index (χ0v) is 42.9. The monoisotopic (exact) mass is 996 g/mol. The third-order valence-electron chi connectivity index (χ3n) is 13.0. The van der Waals surface area contributed by atoms with E-state index in [4.69, 9.17) is 32.9 Å². The minimum absolute atomic E-state index is 0.345. The molecule has 8 rings (SSSR count). The van der Waals surface area contributed by atoms with Crippen molar-refractivity contribution in [2.45, 2.75) is 39.2 Å². The van der Waals surface area contributed by atoms with E-state index in [-0.39, 0.29) is 0 Å². The molecule has 0 saturated carbocycles. The van der Waals surface area contributed by atoms with Crippen LogP contribution in [-0.2, 0) is 40.4 Å². The summed E-state index contributed by atoms with van der Waals surface area (Å²) in [5.74, 6) is 3.01. The number of carbonyl (C=O) groups excluding carboxylic acids is 1. The van der Waals surface area contributed by atoms with Gasteiger partial charge in [0.05, 0.1) is 13.2 Å². The fourth-order valence-corrected chi connectivity index (χ4v) is 14.8. The number of hydrogen-bond donors (Lipinski definition) is 0. The minimum atomic E-state index is -3.68. The molecule has 73 heavy (non-hydrogen) atoms. The van der Waals surface area contributed by atoms with Crippen LogP contribution in [0.4, 0.5) is 0 Å². The predicted molar refractivity (Wildman–Crippen MR) is 294 cm³/mol. The number of quaternary nitrogens is 1. The Kier molecular flexibility index (Phi) is 18.4. The van der Waals surface area contributed by atoms with Crippen molar-refractivity contribution < 1.29 is 42.2 Å². The summed E-state index contributed by atoms with van der Waals surface area (Å²) in [5.41, 5.74) is 4.31. The van der Waals surface area contributed by atoms with Gasteiger partial charge < -0.3 is 23.7 Å². The van der Waals surface area contributed by atoms with Gasteiger partial charge in [-0.05, 0) is 16.7 Å². The van der Waals surface area contributed by atoms with Crippen molar-refractivity contribution in [3.63, 3.8) is 0 Å². The first-order valence-corrected chi connectivity index (χ1v) is 27.4. The molecule has 8 aromatic carbocycles. The van der Waals surface area contributed by atoms with Crippen LogP contribution in [0.2, 0.25) is 0 Å². The second kappa shape index (κ2) is 25.8. The van der Waals surface area contributed by atoms with E-state index in [0.29, 0.717) is 81.9 Å². The van der Waals surface area contributed by atoms with Gasteiger partial charge in [0.1, 0.15) is 32.2 Å². The zero-order valence-electron chi connectivity index (χ0n) is 42.0.